The van der Waals surface area contributed by atoms with E-state index in [4.69, 9.17) is 5.73 Å². The van der Waals surface area contributed by atoms with Crippen molar-refractivity contribution in [1.82, 2.24) is 9.88 Å². The second-order valence-corrected chi connectivity index (χ2v) is 5.01. The molecule has 0 radical (unpaired) electrons. The second kappa shape index (κ2) is 5.97. The summed E-state index contributed by atoms with van der Waals surface area (Å²) in [6, 6.07) is 2.41. The number of hydrogen-bond acceptors (Lipinski definition) is 4. The molecule has 0 aromatic carbocycles. The molecule has 1 unspecified atom stereocenters. The third kappa shape index (κ3) is 3.40. The molecule has 1 saturated heterocycles. The third-order valence-electron chi connectivity index (χ3n) is 3.68. The van der Waals surface area contributed by atoms with Gasteiger partial charge >= 0.3 is 6.18 Å². The van der Waals surface area contributed by atoms with E-state index in [2.05, 4.69) is 16.8 Å². The number of hydrogen-bond donors (Lipinski definition) is 1. The molecule has 1 aromatic rings. The molecule has 1 aliphatic heterocycles. The molecule has 7 heteroatoms. The maximum Gasteiger partial charge on any atom is 0.416 e. The minimum atomic E-state index is -4.33. The number of nitrogens with two attached hydrogens (primary N) is 1. The van der Waals surface area contributed by atoms with Gasteiger partial charge in [-0.2, -0.15) is 13.2 Å². The van der Waals surface area contributed by atoms with Crippen LogP contribution in [0.5, 0.6) is 0 Å². The molecule has 1 fully saturated rings. The lowest BCUT2D eigenvalue weighted by atomic mass is 10.2. The number of anilines is 1. The highest BCUT2D eigenvalue weighted by Crippen LogP contribution is 2.30. The summed E-state index contributed by atoms with van der Waals surface area (Å²) in [6.45, 7) is 5.55. The summed E-state index contributed by atoms with van der Waals surface area (Å²) in [5.74, 6) is 0.389. The van der Waals surface area contributed by atoms with Crippen LogP contribution in [0.2, 0.25) is 0 Å². The van der Waals surface area contributed by atoms with E-state index in [1.165, 1.54) is 6.20 Å². The van der Waals surface area contributed by atoms with Gasteiger partial charge in [-0.3, -0.25) is 4.90 Å². The van der Waals surface area contributed by atoms with E-state index >= 15 is 0 Å². The van der Waals surface area contributed by atoms with E-state index in [1.54, 1.807) is 0 Å². The average Bonchev–Trinajstić information content (AvgIpc) is 2.46. The van der Waals surface area contributed by atoms with Crippen LogP contribution in [-0.4, -0.2) is 48.6 Å². The van der Waals surface area contributed by atoms with Gasteiger partial charge in [-0.15, -0.1) is 0 Å². The molecule has 2 heterocycles. The molecular weight excluding hydrogens is 269 g/mol. The molecular formula is C13H19F3N4. The van der Waals surface area contributed by atoms with Crippen LogP contribution < -0.4 is 10.6 Å². The van der Waals surface area contributed by atoms with Gasteiger partial charge in [0.1, 0.15) is 5.82 Å². The zero-order valence-corrected chi connectivity index (χ0v) is 11.4. The first-order valence-corrected chi connectivity index (χ1v) is 6.64. The predicted octanol–water partition coefficient (Wildman–Crippen LogP) is 1.57. The minimum Gasteiger partial charge on any atom is -0.354 e. The van der Waals surface area contributed by atoms with E-state index in [9.17, 15) is 13.2 Å². The van der Waals surface area contributed by atoms with Gasteiger partial charge in [0, 0.05) is 45.0 Å². The highest BCUT2D eigenvalue weighted by Gasteiger charge is 2.31. The van der Waals surface area contributed by atoms with Gasteiger partial charge < -0.3 is 10.6 Å². The Bertz CT molecular complexity index is 441. The average molecular weight is 288 g/mol. The van der Waals surface area contributed by atoms with Crippen LogP contribution in [0.25, 0.3) is 0 Å². The lowest BCUT2D eigenvalue weighted by Gasteiger charge is -2.38. The summed E-state index contributed by atoms with van der Waals surface area (Å²) in [7, 11) is 0. The summed E-state index contributed by atoms with van der Waals surface area (Å²) in [5.41, 5.74) is 4.97. The fraction of sp³-hybridized carbons (Fsp3) is 0.615. The summed E-state index contributed by atoms with van der Waals surface area (Å²) in [6.07, 6.45) is -3.11. The van der Waals surface area contributed by atoms with Gasteiger partial charge in [0.2, 0.25) is 0 Å². The maximum absolute atomic E-state index is 12.7. The maximum atomic E-state index is 12.7. The van der Waals surface area contributed by atoms with Crippen molar-refractivity contribution in [3.63, 3.8) is 0 Å². The summed E-state index contributed by atoms with van der Waals surface area (Å²) in [4.78, 5) is 8.17. The smallest absolute Gasteiger partial charge is 0.354 e. The number of nitrogens with zero attached hydrogens (tertiary/aromatic N) is 3. The van der Waals surface area contributed by atoms with Crippen molar-refractivity contribution < 1.29 is 13.2 Å². The Labute approximate surface area is 116 Å². The highest BCUT2D eigenvalue weighted by atomic mass is 19.4. The lowest BCUT2D eigenvalue weighted by Crippen LogP contribution is -2.51. The Morgan fingerprint density at radius 3 is 2.50 bits per heavy atom. The molecule has 4 nitrogen and oxygen atoms in total. The van der Waals surface area contributed by atoms with Crippen LogP contribution >= 0.6 is 0 Å². The normalized spacial score (nSPS) is 19.1. The Morgan fingerprint density at radius 1 is 1.30 bits per heavy atom. The first-order valence-electron chi connectivity index (χ1n) is 6.64. The zero-order valence-electron chi connectivity index (χ0n) is 11.4. The number of aromatic nitrogens is 1. The fourth-order valence-corrected chi connectivity index (χ4v) is 2.31. The van der Waals surface area contributed by atoms with Crippen molar-refractivity contribution in [2.75, 3.05) is 37.6 Å². The molecule has 20 heavy (non-hydrogen) atoms. The molecule has 112 valence electrons. The summed E-state index contributed by atoms with van der Waals surface area (Å²) >= 11 is 0. The largest absolute Gasteiger partial charge is 0.416 e. The molecule has 1 aromatic heterocycles. The SMILES string of the molecule is CC(CN)N1CCN(c2cc(C(F)(F)F)ccn2)CC1. The third-order valence-corrected chi connectivity index (χ3v) is 3.68. The fourth-order valence-electron chi connectivity index (χ4n) is 2.31. The molecule has 1 atom stereocenters. The van der Waals surface area contributed by atoms with Crippen LogP contribution in [0.1, 0.15) is 12.5 Å². The second-order valence-electron chi connectivity index (χ2n) is 5.01. The number of rotatable bonds is 3. The number of piperazine rings is 1. The van der Waals surface area contributed by atoms with E-state index in [0.29, 0.717) is 31.5 Å². The molecule has 2 N–H and O–H groups in total. The van der Waals surface area contributed by atoms with E-state index in [1.807, 2.05) is 4.90 Å². The lowest BCUT2D eigenvalue weighted by molar-refractivity contribution is -0.137. The Hall–Kier alpha value is -1.34. The zero-order chi connectivity index (χ0) is 14.8. The molecule has 1 aliphatic rings. The van der Waals surface area contributed by atoms with Gasteiger partial charge in [0.15, 0.2) is 0 Å². The Morgan fingerprint density at radius 2 is 1.95 bits per heavy atom. The Balaban J connectivity index is 2.04. The van der Waals surface area contributed by atoms with Crippen molar-refractivity contribution in [3.05, 3.63) is 23.9 Å². The standard InChI is InChI=1S/C13H19F3N4/c1-10(9-17)19-4-6-20(7-5-19)12-8-11(2-3-18-12)13(14,15)16/h2-3,8,10H,4-7,9,17H2,1H3. The van der Waals surface area contributed by atoms with Gasteiger partial charge in [-0.05, 0) is 19.1 Å². The number of halogens is 3. The number of alkyl halides is 3. The van der Waals surface area contributed by atoms with Crippen LogP contribution in [0.3, 0.4) is 0 Å². The topological polar surface area (TPSA) is 45.4 Å². The molecule has 0 saturated carbocycles. The first-order chi connectivity index (χ1) is 9.41. The predicted molar refractivity (Wildman–Crippen MR) is 71.5 cm³/mol. The van der Waals surface area contributed by atoms with Crippen molar-refractivity contribution in [3.8, 4) is 0 Å². The van der Waals surface area contributed by atoms with Crippen molar-refractivity contribution >= 4 is 5.82 Å². The molecule has 0 amide bonds. The van der Waals surface area contributed by atoms with Gasteiger partial charge in [0.25, 0.3) is 0 Å². The monoisotopic (exact) mass is 288 g/mol. The first kappa shape index (κ1) is 15.1. The van der Waals surface area contributed by atoms with Crippen molar-refractivity contribution in [2.24, 2.45) is 5.73 Å². The summed E-state index contributed by atoms with van der Waals surface area (Å²) < 4.78 is 38.0. The van der Waals surface area contributed by atoms with E-state index in [0.717, 1.165) is 25.2 Å². The molecule has 2 rings (SSSR count). The van der Waals surface area contributed by atoms with Crippen LogP contribution in [0, 0.1) is 0 Å². The Kier molecular flexibility index (Phi) is 4.49. The molecule has 0 bridgehead atoms. The quantitative estimate of drug-likeness (QED) is 0.917. The van der Waals surface area contributed by atoms with Crippen LogP contribution in [0.4, 0.5) is 19.0 Å². The van der Waals surface area contributed by atoms with Crippen LogP contribution in [-0.2, 0) is 6.18 Å². The van der Waals surface area contributed by atoms with E-state index < -0.39 is 11.7 Å². The van der Waals surface area contributed by atoms with Crippen LogP contribution in [0.15, 0.2) is 18.3 Å². The van der Waals surface area contributed by atoms with Gasteiger partial charge in [0.05, 0.1) is 5.56 Å². The van der Waals surface area contributed by atoms with Crippen molar-refractivity contribution in [1.29, 1.82) is 0 Å². The summed E-state index contributed by atoms with van der Waals surface area (Å²) in [5, 5.41) is 0. The minimum absolute atomic E-state index is 0.298. The molecule has 0 spiro atoms. The van der Waals surface area contributed by atoms with E-state index in [-0.39, 0.29) is 0 Å². The molecule has 0 aliphatic carbocycles. The van der Waals surface area contributed by atoms with Gasteiger partial charge in [-0.25, -0.2) is 4.98 Å². The highest BCUT2D eigenvalue weighted by molar-refractivity contribution is 5.42. The number of pyridine rings is 1. The van der Waals surface area contributed by atoms with Gasteiger partial charge in [-0.1, -0.05) is 0 Å². The van der Waals surface area contributed by atoms with Crippen molar-refractivity contribution in [2.45, 2.75) is 19.1 Å².